The average Bonchev–Trinajstić information content (AvgIpc) is 2.69. The predicted molar refractivity (Wildman–Crippen MR) is 100 cm³/mol. The highest BCUT2D eigenvalue weighted by molar-refractivity contribution is 7.89. The van der Waals surface area contributed by atoms with Crippen LogP contribution in [-0.2, 0) is 29.6 Å². The van der Waals surface area contributed by atoms with Crippen LogP contribution in [0.1, 0.15) is 35.8 Å². The number of aryl methyl sites for hydroxylation is 2. The molecule has 2 aromatic rings. The highest BCUT2D eigenvalue weighted by atomic mass is 32.2. The minimum absolute atomic E-state index is 0.248. The van der Waals surface area contributed by atoms with Gasteiger partial charge in [-0.1, -0.05) is 47.5 Å². The molecule has 8 heteroatoms. The minimum Gasteiger partial charge on any atom is -0.207 e. The van der Waals surface area contributed by atoms with Gasteiger partial charge in [0.1, 0.15) is 0 Å². The van der Waals surface area contributed by atoms with Crippen molar-refractivity contribution in [2.24, 2.45) is 0 Å². The number of hydrogen-bond donors (Lipinski definition) is 0. The molecule has 2 fully saturated rings. The number of benzene rings is 2. The van der Waals surface area contributed by atoms with E-state index in [9.17, 15) is 8.42 Å². The van der Waals surface area contributed by atoms with Crippen molar-refractivity contribution in [3.63, 3.8) is 0 Å². The van der Waals surface area contributed by atoms with Gasteiger partial charge in [-0.15, -0.1) is 0 Å². The largest absolute Gasteiger partial charge is 0.249 e. The van der Waals surface area contributed by atoms with Crippen molar-refractivity contribution in [3.8, 4) is 0 Å². The first kappa shape index (κ1) is 19.5. The molecule has 28 heavy (non-hydrogen) atoms. The van der Waals surface area contributed by atoms with Crippen LogP contribution in [-0.4, -0.2) is 31.6 Å². The van der Waals surface area contributed by atoms with Crippen molar-refractivity contribution in [1.29, 1.82) is 0 Å². The Morgan fingerprint density at radius 1 is 0.929 bits per heavy atom. The zero-order valence-electron chi connectivity index (χ0n) is 15.8. The normalized spacial score (nSPS) is 21.1. The molecule has 2 aliphatic heterocycles. The van der Waals surface area contributed by atoms with Gasteiger partial charge in [0, 0.05) is 31.5 Å². The van der Waals surface area contributed by atoms with Crippen LogP contribution in [0.25, 0.3) is 0 Å². The van der Waals surface area contributed by atoms with E-state index in [-0.39, 0.29) is 18.0 Å². The molecule has 150 valence electrons. The molecular weight excluding hydrogens is 382 g/mol. The van der Waals surface area contributed by atoms with Crippen molar-refractivity contribution >= 4 is 10.0 Å². The summed E-state index contributed by atoms with van der Waals surface area (Å²) >= 11 is 0. The SMILES string of the molecule is Cc1ccc(S(=O)(=O)N2CCC3(CC2)OOC(c2cccc(C)c2)OO3)cc1. The lowest BCUT2D eigenvalue weighted by molar-refractivity contribution is -0.633. The fourth-order valence-corrected chi connectivity index (χ4v) is 4.76. The molecule has 0 atom stereocenters. The first-order valence-electron chi connectivity index (χ1n) is 9.20. The molecule has 7 nitrogen and oxygen atoms in total. The topological polar surface area (TPSA) is 74.3 Å². The van der Waals surface area contributed by atoms with Crippen LogP contribution in [0.2, 0.25) is 0 Å². The first-order valence-corrected chi connectivity index (χ1v) is 10.6. The van der Waals surface area contributed by atoms with Crippen LogP contribution in [0.15, 0.2) is 53.4 Å². The monoisotopic (exact) mass is 405 g/mol. The van der Waals surface area contributed by atoms with Gasteiger partial charge in [-0.3, -0.25) is 0 Å². The van der Waals surface area contributed by atoms with Crippen molar-refractivity contribution in [1.82, 2.24) is 4.31 Å². The van der Waals surface area contributed by atoms with Crippen molar-refractivity contribution in [2.75, 3.05) is 13.1 Å². The molecular formula is C20H23NO6S. The van der Waals surface area contributed by atoms with Crippen molar-refractivity contribution < 1.29 is 28.0 Å². The quantitative estimate of drug-likeness (QED) is 0.729. The fourth-order valence-electron chi connectivity index (χ4n) is 3.31. The molecule has 2 saturated heterocycles. The van der Waals surface area contributed by atoms with E-state index in [2.05, 4.69) is 0 Å². The van der Waals surface area contributed by atoms with Crippen LogP contribution < -0.4 is 0 Å². The van der Waals surface area contributed by atoms with Gasteiger partial charge in [-0.2, -0.15) is 23.9 Å². The standard InChI is InChI=1S/C20H23NO6S/c1-15-6-8-18(9-7-15)28(22,23)21-12-10-20(11-13-21)26-24-19(25-27-20)17-5-3-4-16(2)14-17/h3-9,14,19H,10-13H2,1-2H3. The molecule has 0 bridgehead atoms. The summed E-state index contributed by atoms with van der Waals surface area (Å²) in [5.74, 6) is -1.10. The molecule has 4 rings (SSSR count). The Balaban J connectivity index is 1.38. The van der Waals surface area contributed by atoms with Gasteiger partial charge in [-0.05, 0) is 26.0 Å². The second-order valence-corrected chi connectivity index (χ2v) is 9.17. The summed E-state index contributed by atoms with van der Waals surface area (Å²) in [5, 5.41) is 0. The van der Waals surface area contributed by atoms with Crippen LogP contribution in [0.5, 0.6) is 0 Å². The number of rotatable bonds is 3. The maximum atomic E-state index is 12.8. The molecule has 0 N–H and O–H groups in total. The zero-order valence-corrected chi connectivity index (χ0v) is 16.6. The highest BCUT2D eigenvalue weighted by Crippen LogP contribution is 2.38. The summed E-state index contributed by atoms with van der Waals surface area (Å²) in [6, 6.07) is 14.5. The molecule has 2 aliphatic rings. The minimum atomic E-state index is -3.55. The van der Waals surface area contributed by atoms with E-state index in [1.54, 1.807) is 24.3 Å². The Morgan fingerprint density at radius 2 is 1.57 bits per heavy atom. The number of nitrogens with zero attached hydrogens (tertiary/aromatic N) is 1. The Hall–Kier alpha value is -1.81. The summed E-state index contributed by atoms with van der Waals surface area (Å²) in [4.78, 5) is 22.2. The van der Waals surface area contributed by atoms with E-state index in [1.807, 2.05) is 38.1 Å². The Morgan fingerprint density at radius 3 is 2.18 bits per heavy atom. The molecule has 2 heterocycles. The summed E-state index contributed by atoms with van der Waals surface area (Å²) in [7, 11) is -3.55. The van der Waals surface area contributed by atoms with Gasteiger partial charge in [0.15, 0.2) is 0 Å². The maximum absolute atomic E-state index is 12.8. The number of piperidine rings is 1. The highest BCUT2D eigenvalue weighted by Gasteiger charge is 2.46. The zero-order chi connectivity index (χ0) is 19.8. The van der Waals surface area contributed by atoms with Gasteiger partial charge in [0.2, 0.25) is 22.1 Å². The maximum Gasteiger partial charge on any atom is 0.249 e. The summed E-state index contributed by atoms with van der Waals surface area (Å²) < 4.78 is 27.1. The van der Waals surface area contributed by atoms with Crippen LogP contribution in [0.3, 0.4) is 0 Å². The summed E-state index contributed by atoms with van der Waals surface area (Å²) in [6.45, 7) is 4.39. The third-order valence-corrected chi connectivity index (χ3v) is 6.94. The van der Waals surface area contributed by atoms with E-state index < -0.39 is 22.1 Å². The Bertz CT molecular complexity index is 925. The number of hydrogen-bond acceptors (Lipinski definition) is 6. The van der Waals surface area contributed by atoms with Crippen LogP contribution in [0.4, 0.5) is 0 Å². The van der Waals surface area contributed by atoms with E-state index in [4.69, 9.17) is 19.6 Å². The lowest BCUT2D eigenvalue weighted by Gasteiger charge is -2.41. The van der Waals surface area contributed by atoms with Crippen molar-refractivity contribution in [3.05, 3.63) is 65.2 Å². The van der Waals surface area contributed by atoms with Gasteiger partial charge in [0.25, 0.3) is 0 Å². The van der Waals surface area contributed by atoms with E-state index >= 15 is 0 Å². The Kier molecular flexibility index (Phi) is 5.26. The molecule has 1 spiro atoms. The fraction of sp³-hybridized carbons (Fsp3) is 0.400. The van der Waals surface area contributed by atoms with Crippen LogP contribution in [0, 0.1) is 13.8 Å². The molecule has 0 radical (unpaired) electrons. The smallest absolute Gasteiger partial charge is 0.207 e. The third kappa shape index (κ3) is 3.84. The molecule has 0 unspecified atom stereocenters. The predicted octanol–water partition coefficient (Wildman–Crippen LogP) is 3.39. The van der Waals surface area contributed by atoms with Gasteiger partial charge in [-0.25, -0.2) is 8.42 Å². The van der Waals surface area contributed by atoms with Gasteiger partial charge >= 0.3 is 0 Å². The second kappa shape index (κ2) is 7.55. The summed E-state index contributed by atoms with van der Waals surface area (Å²) in [5.41, 5.74) is 2.87. The second-order valence-electron chi connectivity index (χ2n) is 7.23. The average molecular weight is 405 g/mol. The third-order valence-electron chi connectivity index (χ3n) is 5.03. The van der Waals surface area contributed by atoms with Gasteiger partial charge < -0.3 is 0 Å². The number of sulfonamides is 1. The molecule has 0 aliphatic carbocycles. The first-order chi connectivity index (χ1) is 13.4. The Labute approximate surface area is 164 Å². The van der Waals surface area contributed by atoms with E-state index in [1.165, 1.54) is 4.31 Å². The lowest BCUT2D eigenvalue weighted by atomic mass is 10.1. The summed E-state index contributed by atoms with van der Waals surface area (Å²) in [6.07, 6.45) is -0.170. The van der Waals surface area contributed by atoms with E-state index in [0.717, 1.165) is 16.7 Å². The molecule has 2 aromatic carbocycles. The molecule has 0 amide bonds. The molecule has 0 saturated carbocycles. The van der Waals surface area contributed by atoms with Crippen LogP contribution >= 0.6 is 0 Å². The lowest BCUT2D eigenvalue weighted by Crippen LogP contribution is -2.51. The molecule has 0 aromatic heterocycles. The van der Waals surface area contributed by atoms with Crippen molar-refractivity contribution in [2.45, 2.75) is 43.7 Å². The van der Waals surface area contributed by atoms with E-state index in [0.29, 0.717) is 12.8 Å². The van der Waals surface area contributed by atoms with Gasteiger partial charge in [0.05, 0.1) is 4.90 Å².